The van der Waals surface area contributed by atoms with Crippen LogP contribution in [0.3, 0.4) is 0 Å². The predicted octanol–water partition coefficient (Wildman–Crippen LogP) is 2.08. The molecule has 0 aliphatic carbocycles. The summed E-state index contributed by atoms with van der Waals surface area (Å²) in [5.41, 5.74) is 2.44. The molecule has 0 saturated carbocycles. The van der Waals surface area contributed by atoms with E-state index < -0.39 is 0 Å². The second kappa shape index (κ2) is 4.55. The standard InChI is InChI=1S/C13H12N4OS/c1-3-10-4-11(18)17-12(8(2)19-13(17)16-10)9-5-14-7-15-6-9/h4-7H,3H2,1-2H3. The van der Waals surface area contributed by atoms with E-state index in [0.29, 0.717) is 0 Å². The van der Waals surface area contributed by atoms with Crippen molar-refractivity contribution in [2.75, 3.05) is 0 Å². The van der Waals surface area contributed by atoms with Gasteiger partial charge in [-0.1, -0.05) is 6.92 Å². The highest BCUT2D eigenvalue weighted by Crippen LogP contribution is 2.28. The third-order valence-electron chi connectivity index (χ3n) is 2.94. The van der Waals surface area contributed by atoms with Crippen LogP contribution in [0.15, 0.2) is 29.6 Å². The summed E-state index contributed by atoms with van der Waals surface area (Å²) < 4.78 is 1.64. The molecule has 0 radical (unpaired) electrons. The third-order valence-corrected chi connectivity index (χ3v) is 3.89. The highest BCUT2D eigenvalue weighted by molar-refractivity contribution is 7.17. The van der Waals surface area contributed by atoms with E-state index in [4.69, 9.17) is 0 Å². The lowest BCUT2D eigenvalue weighted by molar-refractivity contribution is 0.983. The van der Waals surface area contributed by atoms with E-state index in [0.717, 1.165) is 33.2 Å². The molecule has 19 heavy (non-hydrogen) atoms. The lowest BCUT2D eigenvalue weighted by Crippen LogP contribution is -2.15. The summed E-state index contributed by atoms with van der Waals surface area (Å²) in [7, 11) is 0. The topological polar surface area (TPSA) is 60.2 Å². The fourth-order valence-electron chi connectivity index (χ4n) is 2.06. The molecule has 3 aromatic heterocycles. The van der Waals surface area contributed by atoms with Crippen molar-refractivity contribution in [3.05, 3.63) is 45.7 Å². The van der Waals surface area contributed by atoms with Crippen LogP contribution in [0, 0.1) is 6.92 Å². The molecular weight excluding hydrogens is 260 g/mol. The number of hydrogen-bond donors (Lipinski definition) is 0. The summed E-state index contributed by atoms with van der Waals surface area (Å²) in [6, 6.07) is 1.59. The van der Waals surface area contributed by atoms with Gasteiger partial charge in [-0.05, 0) is 13.3 Å². The minimum atomic E-state index is -0.0509. The van der Waals surface area contributed by atoms with Crippen molar-refractivity contribution in [3.63, 3.8) is 0 Å². The molecule has 0 spiro atoms. The van der Waals surface area contributed by atoms with Crippen molar-refractivity contribution in [1.82, 2.24) is 19.4 Å². The predicted molar refractivity (Wildman–Crippen MR) is 74.5 cm³/mol. The van der Waals surface area contributed by atoms with Gasteiger partial charge in [-0.2, -0.15) is 0 Å². The Morgan fingerprint density at radius 2 is 2.05 bits per heavy atom. The molecular formula is C13H12N4OS. The summed E-state index contributed by atoms with van der Waals surface area (Å²) >= 11 is 1.51. The van der Waals surface area contributed by atoms with Gasteiger partial charge in [0.05, 0.1) is 5.69 Å². The Hall–Kier alpha value is -2.08. The second-order valence-electron chi connectivity index (χ2n) is 4.19. The number of thiazole rings is 1. The molecule has 96 valence electrons. The van der Waals surface area contributed by atoms with Crippen LogP contribution in [0.1, 0.15) is 17.5 Å². The van der Waals surface area contributed by atoms with Crippen molar-refractivity contribution in [2.24, 2.45) is 0 Å². The van der Waals surface area contributed by atoms with Gasteiger partial charge in [-0.15, -0.1) is 11.3 Å². The maximum absolute atomic E-state index is 12.3. The first-order valence-electron chi connectivity index (χ1n) is 5.98. The minimum Gasteiger partial charge on any atom is -0.269 e. The quantitative estimate of drug-likeness (QED) is 0.716. The Kier molecular flexibility index (Phi) is 2.87. The molecule has 0 unspecified atom stereocenters. The van der Waals surface area contributed by atoms with Gasteiger partial charge in [-0.25, -0.2) is 15.0 Å². The van der Waals surface area contributed by atoms with E-state index in [2.05, 4.69) is 15.0 Å². The molecule has 0 atom stereocenters. The third kappa shape index (κ3) is 1.94. The SMILES string of the molecule is CCc1cc(=O)n2c(-c3cncnc3)c(C)sc2n1. The molecule has 0 aliphatic heterocycles. The molecule has 3 aromatic rings. The van der Waals surface area contributed by atoms with E-state index in [-0.39, 0.29) is 5.56 Å². The van der Waals surface area contributed by atoms with Crippen molar-refractivity contribution in [2.45, 2.75) is 20.3 Å². The number of nitrogens with zero attached hydrogens (tertiary/aromatic N) is 4. The Bertz CT molecular complexity index is 792. The average Bonchev–Trinajstić information content (AvgIpc) is 2.76. The normalized spacial score (nSPS) is 11.1. The average molecular weight is 272 g/mol. The van der Waals surface area contributed by atoms with Crippen LogP contribution < -0.4 is 5.56 Å². The first kappa shape index (κ1) is 12.0. The highest BCUT2D eigenvalue weighted by Gasteiger charge is 2.14. The van der Waals surface area contributed by atoms with Gasteiger partial charge in [0.1, 0.15) is 6.33 Å². The summed E-state index contributed by atoms with van der Waals surface area (Å²) in [5, 5.41) is 0. The lowest BCUT2D eigenvalue weighted by Gasteiger charge is -2.02. The van der Waals surface area contributed by atoms with Gasteiger partial charge in [0.15, 0.2) is 4.96 Å². The molecule has 0 saturated heterocycles. The van der Waals surface area contributed by atoms with Gasteiger partial charge in [0.2, 0.25) is 0 Å². The van der Waals surface area contributed by atoms with Gasteiger partial charge in [0, 0.05) is 34.6 Å². The molecule has 0 aliphatic rings. The van der Waals surface area contributed by atoms with Gasteiger partial charge >= 0.3 is 0 Å². The Labute approximate surface area is 113 Å². The van der Waals surface area contributed by atoms with E-state index in [1.807, 2.05) is 13.8 Å². The molecule has 3 heterocycles. The van der Waals surface area contributed by atoms with E-state index >= 15 is 0 Å². The first-order chi connectivity index (χ1) is 9.20. The number of aryl methyl sites for hydroxylation is 2. The summed E-state index contributed by atoms with van der Waals surface area (Å²) in [6.07, 6.45) is 5.65. The van der Waals surface area contributed by atoms with Crippen LogP contribution in [0.2, 0.25) is 0 Å². The van der Waals surface area contributed by atoms with Crippen molar-refractivity contribution in [1.29, 1.82) is 0 Å². The monoisotopic (exact) mass is 272 g/mol. The van der Waals surface area contributed by atoms with E-state index in [1.165, 1.54) is 17.7 Å². The van der Waals surface area contributed by atoms with Crippen LogP contribution in [-0.4, -0.2) is 19.4 Å². The molecule has 0 fully saturated rings. The van der Waals surface area contributed by atoms with Crippen LogP contribution in [0.5, 0.6) is 0 Å². The van der Waals surface area contributed by atoms with Crippen LogP contribution in [-0.2, 0) is 6.42 Å². The zero-order chi connectivity index (χ0) is 13.4. The summed E-state index contributed by atoms with van der Waals surface area (Å²) in [5.74, 6) is 0. The lowest BCUT2D eigenvalue weighted by atomic mass is 10.2. The van der Waals surface area contributed by atoms with Crippen LogP contribution in [0.25, 0.3) is 16.2 Å². The largest absolute Gasteiger partial charge is 0.269 e. The first-order valence-corrected chi connectivity index (χ1v) is 6.80. The fourth-order valence-corrected chi connectivity index (χ4v) is 3.07. The summed E-state index contributed by atoms with van der Waals surface area (Å²) in [4.78, 5) is 26.5. The zero-order valence-corrected chi connectivity index (χ0v) is 11.4. The highest BCUT2D eigenvalue weighted by atomic mass is 32.1. The van der Waals surface area contributed by atoms with Crippen molar-refractivity contribution in [3.8, 4) is 11.3 Å². The molecule has 6 heteroatoms. The van der Waals surface area contributed by atoms with Crippen molar-refractivity contribution >= 4 is 16.3 Å². The Morgan fingerprint density at radius 1 is 1.32 bits per heavy atom. The van der Waals surface area contributed by atoms with Gasteiger partial charge in [0.25, 0.3) is 5.56 Å². The minimum absolute atomic E-state index is 0.0509. The molecule has 3 rings (SSSR count). The molecule has 0 amide bonds. The van der Waals surface area contributed by atoms with Gasteiger partial charge < -0.3 is 0 Å². The maximum atomic E-state index is 12.3. The number of aromatic nitrogens is 4. The smallest absolute Gasteiger partial charge is 0.259 e. The number of hydrogen-bond acceptors (Lipinski definition) is 5. The van der Waals surface area contributed by atoms with Gasteiger partial charge in [-0.3, -0.25) is 9.20 Å². The number of fused-ring (bicyclic) bond motifs is 1. The van der Waals surface area contributed by atoms with E-state index in [9.17, 15) is 4.79 Å². The second-order valence-corrected chi connectivity index (χ2v) is 5.37. The zero-order valence-electron chi connectivity index (χ0n) is 10.6. The molecule has 0 N–H and O–H groups in total. The van der Waals surface area contributed by atoms with Crippen molar-refractivity contribution < 1.29 is 0 Å². The Balaban J connectivity index is 2.38. The number of rotatable bonds is 2. The van der Waals surface area contributed by atoms with Crippen LogP contribution in [0.4, 0.5) is 0 Å². The van der Waals surface area contributed by atoms with E-state index in [1.54, 1.807) is 22.9 Å². The summed E-state index contributed by atoms with van der Waals surface area (Å²) in [6.45, 7) is 3.97. The molecule has 0 aromatic carbocycles. The Morgan fingerprint density at radius 3 is 2.74 bits per heavy atom. The fraction of sp³-hybridized carbons (Fsp3) is 0.231. The van der Waals surface area contributed by atoms with Crippen LogP contribution >= 0.6 is 11.3 Å². The molecule has 5 nitrogen and oxygen atoms in total. The maximum Gasteiger partial charge on any atom is 0.259 e. The molecule has 0 bridgehead atoms.